The summed E-state index contributed by atoms with van der Waals surface area (Å²) in [5, 5.41) is 3.46. The molecule has 26 heavy (non-hydrogen) atoms. The molecular formula is C20H35IN4O. The van der Waals surface area contributed by atoms with Crippen LogP contribution in [0.4, 0.5) is 0 Å². The highest BCUT2D eigenvalue weighted by atomic mass is 127. The van der Waals surface area contributed by atoms with Gasteiger partial charge in [-0.15, -0.1) is 24.0 Å². The Balaban J connectivity index is 0.00000338. The zero-order chi connectivity index (χ0) is 18.4. The maximum absolute atomic E-state index is 5.38. The van der Waals surface area contributed by atoms with E-state index in [1.54, 1.807) is 7.11 Å². The molecule has 1 atom stereocenters. The lowest BCUT2D eigenvalue weighted by atomic mass is 9.93. The van der Waals surface area contributed by atoms with Crippen LogP contribution >= 0.6 is 24.0 Å². The maximum atomic E-state index is 5.38. The van der Waals surface area contributed by atoms with Crippen LogP contribution in [0.2, 0.25) is 0 Å². The molecule has 1 aromatic carbocycles. The normalized spacial score (nSPS) is 17.8. The van der Waals surface area contributed by atoms with Crippen molar-refractivity contribution < 1.29 is 4.74 Å². The van der Waals surface area contributed by atoms with Crippen molar-refractivity contribution in [2.45, 2.75) is 33.2 Å². The van der Waals surface area contributed by atoms with E-state index in [9.17, 15) is 0 Å². The van der Waals surface area contributed by atoms with Gasteiger partial charge in [-0.05, 0) is 50.6 Å². The zero-order valence-electron chi connectivity index (χ0n) is 17.1. The van der Waals surface area contributed by atoms with Gasteiger partial charge in [0.15, 0.2) is 5.96 Å². The van der Waals surface area contributed by atoms with Crippen LogP contribution in [0.15, 0.2) is 29.3 Å². The van der Waals surface area contributed by atoms with Gasteiger partial charge in [0.05, 0.1) is 19.7 Å². The van der Waals surface area contributed by atoms with Crippen LogP contribution in [-0.2, 0) is 0 Å². The second-order valence-corrected chi connectivity index (χ2v) is 7.79. The van der Waals surface area contributed by atoms with E-state index in [4.69, 9.17) is 9.73 Å². The molecule has 148 valence electrons. The maximum Gasteiger partial charge on any atom is 0.194 e. The number of nitrogens with one attached hydrogen (secondary N) is 1. The first-order chi connectivity index (χ1) is 11.9. The summed E-state index contributed by atoms with van der Waals surface area (Å²) in [6, 6.07) is 8.50. The Hall–Kier alpha value is -1.02. The number of ether oxygens (including phenoxy) is 1. The van der Waals surface area contributed by atoms with Crippen LogP contribution in [0.1, 0.15) is 38.8 Å². The number of rotatable bonds is 6. The van der Waals surface area contributed by atoms with E-state index in [0.29, 0.717) is 5.41 Å². The van der Waals surface area contributed by atoms with Gasteiger partial charge in [-0.25, -0.2) is 0 Å². The number of hydrogen-bond donors (Lipinski definition) is 1. The van der Waals surface area contributed by atoms with Crippen LogP contribution in [0, 0.1) is 5.41 Å². The highest BCUT2D eigenvalue weighted by molar-refractivity contribution is 14.0. The van der Waals surface area contributed by atoms with Gasteiger partial charge < -0.3 is 19.9 Å². The largest absolute Gasteiger partial charge is 0.497 e. The molecule has 0 spiro atoms. The van der Waals surface area contributed by atoms with Gasteiger partial charge in [-0.1, -0.05) is 26.0 Å². The lowest BCUT2D eigenvalue weighted by Crippen LogP contribution is -2.41. The molecule has 1 aromatic rings. The summed E-state index contributed by atoms with van der Waals surface area (Å²) < 4.78 is 5.38. The molecule has 0 bridgehead atoms. The van der Waals surface area contributed by atoms with Crippen LogP contribution in [0.25, 0.3) is 0 Å². The number of likely N-dealkylation sites (tertiary alicyclic amines) is 1. The second kappa shape index (κ2) is 10.3. The molecule has 0 amide bonds. The predicted molar refractivity (Wildman–Crippen MR) is 121 cm³/mol. The first-order valence-corrected chi connectivity index (χ1v) is 9.20. The summed E-state index contributed by atoms with van der Waals surface area (Å²) >= 11 is 0. The third kappa shape index (κ3) is 6.30. The van der Waals surface area contributed by atoms with Gasteiger partial charge in [-0.2, -0.15) is 0 Å². The molecule has 0 radical (unpaired) electrons. The smallest absolute Gasteiger partial charge is 0.194 e. The number of nitrogens with zero attached hydrogens (tertiary/aromatic N) is 3. The van der Waals surface area contributed by atoms with Gasteiger partial charge in [0.2, 0.25) is 0 Å². The monoisotopic (exact) mass is 474 g/mol. The topological polar surface area (TPSA) is 40.1 Å². The van der Waals surface area contributed by atoms with Crippen LogP contribution in [0.5, 0.6) is 5.75 Å². The summed E-state index contributed by atoms with van der Waals surface area (Å²) in [7, 11) is 5.91. The predicted octanol–water partition coefficient (Wildman–Crippen LogP) is 3.61. The molecule has 5 nitrogen and oxygen atoms in total. The van der Waals surface area contributed by atoms with Crippen molar-refractivity contribution in [1.29, 1.82) is 0 Å². The molecule has 1 aliphatic heterocycles. The number of guanidine groups is 1. The van der Waals surface area contributed by atoms with Crippen LogP contribution in [-0.4, -0.2) is 63.1 Å². The molecule has 0 saturated carbocycles. The number of benzene rings is 1. The minimum Gasteiger partial charge on any atom is -0.497 e. The lowest BCUT2D eigenvalue weighted by molar-refractivity contribution is 0.303. The van der Waals surface area contributed by atoms with Gasteiger partial charge >= 0.3 is 0 Å². The Bertz CT molecular complexity index is 589. The number of likely N-dealkylation sites (N-methyl/N-ethyl adjacent to an activating group) is 1. The third-order valence-corrected chi connectivity index (χ3v) is 4.83. The van der Waals surface area contributed by atoms with E-state index < -0.39 is 0 Å². The molecule has 1 fully saturated rings. The highest BCUT2D eigenvalue weighted by Gasteiger charge is 2.31. The fourth-order valence-corrected chi connectivity index (χ4v) is 3.31. The molecule has 1 heterocycles. The van der Waals surface area contributed by atoms with E-state index in [1.807, 2.05) is 12.1 Å². The van der Waals surface area contributed by atoms with Gasteiger partial charge in [0.25, 0.3) is 0 Å². The van der Waals surface area contributed by atoms with Crippen LogP contribution < -0.4 is 10.1 Å². The lowest BCUT2D eigenvalue weighted by Gasteiger charge is -2.27. The number of aliphatic imine (C=N–C) groups is 1. The minimum atomic E-state index is 0. The molecule has 1 N–H and O–H groups in total. The summed E-state index contributed by atoms with van der Waals surface area (Å²) in [5.41, 5.74) is 1.59. The van der Waals surface area contributed by atoms with Crippen molar-refractivity contribution in [2.75, 3.05) is 47.4 Å². The molecule has 0 aromatic heterocycles. The van der Waals surface area contributed by atoms with E-state index in [-0.39, 0.29) is 30.0 Å². The van der Waals surface area contributed by atoms with Crippen molar-refractivity contribution in [3.05, 3.63) is 29.8 Å². The molecule has 1 unspecified atom stereocenters. The second-order valence-electron chi connectivity index (χ2n) is 7.79. The van der Waals surface area contributed by atoms with E-state index in [0.717, 1.165) is 37.9 Å². The Labute approximate surface area is 176 Å². The van der Waals surface area contributed by atoms with Crippen LogP contribution in [0.3, 0.4) is 0 Å². The fourth-order valence-electron chi connectivity index (χ4n) is 3.31. The van der Waals surface area contributed by atoms with Gasteiger partial charge in [-0.3, -0.25) is 4.99 Å². The Morgan fingerprint density at radius 2 is 2.12 bits per heavy atom. The molecular weight excluding hydrogens is 439 g/mol. The Kier molecular flexibility index (Phi) is 9.16. The van der Waals surface area contributed by atoms with Gasteiger partial charge in [0.1, 0.15) is 5.75 Å². The standard InChI is InChI=1S/C20H34N4O.HI/c1-7-21-19(24-12-11-20(2,3)15-24)22-14-18(23(4)5)16-9-8-10-17(13-16)25-6;/h8-10,13,18H,7,11-12,14-15H2,1-6H3,(H,21,22);1H. The molecule has 6 heteroatoms. The molecule has 2 rings (SSSR count). The SMILES string of the molecule is CCNC(=NCC(c1cccc(OC)c1)N(C)C)N1CCC(C)(C)C1.I. The summed E-state index contributed by atoms with van der Waals surface area (Å²) in [5.74, 6) is 1.92. The van der Waals surface area contributed by atoms with Crippen molar-refractivity contribution in [3.63, 3.8) is 0 Å². The first kappa shape index (κ1) is 23.0. The Morgan fingerprint density at radius 1 is 1.38 bits per heavy atom. The van der Waals surface area contributed by atoms with E-state index in [1.165, 1.54) is 12.0 Å². The summed E-state index contributed by atoms with van der Waals surface area (Å²) in [4.78, 5) is 9.57. The quantitative estimate of drug-likeness (QED) is 0.389. The van der Waals surface area contributed by atoms with E-state index >= 15 is 0 Å². The summed E-state index contributed by atoms with van der Waals surface area (Å²) in [6.07, 6.45) is 1.21. The Morgan fingerprint density at radius 3 is 2.65 bits per heavy atom. The van der Waals surface area contributed by atoms with Gasteiger partial charge in [0, 0.05) is 19.6 Å². The first-order valence-electron chi connectivity index (χ1n) is 9.20. The van der Waals surface area contributed by atoms with Crippen molar-refractivity contribution in [1.82, 2.24) is 15.1 Å². The highest BCUT2D eigenvalue weighted by Crippen LogP contribution is 2.29. The number of methoxy groups -OCH3 is 1. The van der Waals surface area contributed by atoms with Crippen molar-refractivity contribution in [3.8, 4) is 5.75 Å². The number of hydrogen-bond acceptors (Lipinski definition) is 3. The third-order valence-electron chi connectivity index (χ3n) is 4.83. The average molecular weight is 474 g/mol. The fraction of sp³-hybridized carbons (Fsp3) is 0.650. The summed E-state index contributed by atoms with van der Waals surface area (Å²) in [6.45, 7) is 10.5. The minimum absolute atomic E-state index is 0. The molecule has 0 aliphatic carbocycles. The van der Waals surface area contributed by atoms with Crippen molar-refractivity contribution in [2.24, 2.45) is 10.4 Å². The molecule has 1 aliphatic rings. The zero-order valence-corrected chi connectivity index (χ0v) is 19.4. The molecule has 1 saturated heterocycles. The average Bonchev–Trinajstić information content (AvgIpc) is 2.94. The number of halogens is 1. The van der Waals surface area contributed by atoms with E-state index in [2.05, 4.69) is 62.1 Å². The van der Waals surface area contributed by atoms with Crippen molar-refractivity contribution >= 4 is 29.9 Å².